The van der Waals surface area contributed by atoms with Gasteiger partial charge in [-0.15, -0.1) is 0 Å². The number of fused-ring (bicyclic) bond motifs is 1. The number of rotatable bonds is 3. The Morgan fingerprint density at radius 1 is 1.16 bits per heavy atom. The highest BCUT2D eigenvalue weighted by molar-refractivity contribution is 5.41. The van der Waals surface area contributed by atoms with Gasteiger partial charge in [0.25, 0.3) is 0 Å². The molecule has 0 N–H and O–H groups in total. The summed E-state index contributed by atoms with van der Waals surface area (Å²) >= 11 is 0. The van der Waals surface area contributed by atoms with Crippen molar-refractivity contribution in [2.45, 2.75) is 26.3 Å². The highest BCUT2D eigenvalue weighted by Gasteiger charge is 2.25. The first-order valence-corrected chi connectivity index (χ1v) is 8.31. The Bertz CT molecular complexity index is 884. The first-order valence-electron chi connectivity index (χ1n) is 8.31. The van der Waals surface area contributed by atoms with Crippen LogP contribution >= 0.6 is 0 Å². The average Bonchev–Trinajstić information content (AvgIpc) is 2.62. The summed E-state index contributed by atoms with van der Waals surface area (Å²) in [7, 11) is 0. The van der Waals surface area contributed by atoms with Gasteiger partial charge in [-0.3, -0.25) is 0 Å². The molecule has 0 radical (unpaired) electrons. The Kier molecular flexibility index (Phi) is 4.01. The van der Waals surface area contributed by atoms with Crippen molar-refractivity contribution < 1.29 is 4.74 Å². The van der Waals surface area contributed by atoms with Crippen LogP contribution in [0.2, 0.25) is 0 Å². The van der Waals surface area contributed by atoms with E-state index in [-0.39, 0.29) is 0 Å². The fraction of sp³-hybridized carbons (Fsp3) is 0.263. The highest BCUT2D eigenvalue weighted by atomic mass is 16.5. The minimum atomic E-state index is 0.300. The fourth-order valence-electron chi connectivity index (χ4n) is 3.10. The van der Waals surface area contributed by atoms with Gasteiger partial charge in [-0.1, -0.05) is 25.1 Å². The Balaban J connectivity index is 1.63. The van der Waals surface area contributed by atoms with Gasteiger partial charge in [0.15, 0.2) is 0 Å². The van der Waals surface area contributed by atoms with Gasteiger partial charge in [0.1, 0.15) is 12.1 Å². The van der Waals surface area contributed by atoms with E-state index in [1.54, 1.807) is 6.33 Å². The van der Waals surface area contributed by atoms with Crippen LogP contribution in [0.5, 0.6) is 11.6 Å². The van der Waals surface area contributed by atoms with Crippen LogP contribution in [-0.4, -0.2) is 26.5 Å². The summed E-state index contributed by atoms with van der Waals surface area (Å²) in [6.45, 7) is 5.63. The fourth-order valence-corrected chi connectivity index (χ4v) is 3.10. The standard InChI is InChI=1S/C19H19N5O/c1-13-10-24(11-15-9-20-12-21-18(13)15)19-22-14(2)8-17(23-19)25-16-6-4-3-5-7-16/h3-9,12-13H,10-11H2,1-2H3. The van der Waals surface area contributed by atoms with Crippen molar-refractivity contribution in [3.8, 4) is 11.6 Å². The first-order chi connectivity index (χ1) is 12.2. The summed E-state index contributed by atoms with van der Waals surface area (Å²) in [4.78, 5) is 19.9. The molecular weight excluding hydrogens is 314 g/mol. The van der Waals surface area contributed by atoms with Crippen molar-refractivity contribution in [1.29, 1.82) is 0 Å². The average molecular weight is 333 g/mol. The van der Waals surface area contributed by atoms with Crippen LogP contribution in [0.4, 0.5) is 5.95 Å². The number of ether oxygens (including phenoxy) is 1. The van der Waals surface area contributed by atoms with Gasteiger partial charge in [-0.05, 0) is 19.1 Å². The van der Waals surface area contributed by atoms with Gasteiger partial charge in [-0.25, -0.2) is 15.0 Å². The van der Waals surface area contributed by atoms with E-state index in [0.29, 0.717) is 24.3 Å². The molecule has 0 bridgehead atoms. The number of anilines is 1. The number of hydrogen-bond donors (Lipinski definition) is 0. The van der Waals surface area contributed by atoms with Gasteiger partial charge < -0.3 is 9.64 Å². The van der Waals surface area contributed by atoms with Crippen LogP contribution in [0.1, 0.15) is 29.8 Å². The molecule has 1 aliphatic rings. The molecule has 6 heteroatoms. The molecule has 6 nitrogen and oxygen atoms in total. The molecule has 1 atom stereocenters. The largest absolute Gasteiger partial charge is 0.439 e. The predicted molar refractivity (Wildman–Crippen MR) is 94.8 cm³/mol. The van der Waals surface area contributed by atoms with Gasteiger partial charge >= 0.3 is 0 Å². The van der Waals surface area contributed by atoms with Gasteiger partial charge in [0, 0.05) is 42.5 Å². The molecule has 4 rings (SSSR count). The Morgan fingerprint density at radius 3 is 2.84 bits per heavy atom. The van der Waals surface area contributed by atoms with E-state index in [9.17, 15) is 0 Å². The second-order valence-corrected chi connectivity index (χ2v) is 6.28. The van der Waals surface area contributed by atoms with Crippen LogP contribution in [0, 0.1) is 6.92 Å². The van der Waals surface area contributed by atoms with Crippen molar-refractivity contribution in [2.75, 3.05) is 11.4 Å². The Morgan fingerprint density at radius 2 is 2.00 bits per heavy atom. The molecule has 0 spiro atoms. The van der Waals surface area contributed by atoms with Crippen molar-refractivity contribution in [3.63, 3.8) is 0 Å². The lowest BCUT2D eigenvalue weighted by Gasteiger charge is -2.32. The lowest BCUT2D eigenvalue weighted by molar-refractivity contribution is 0.459. The van der Waals surface area contributed by atoms with Crippen LogP contribution in [0.3, 0.4) is 0 Å². The highest BCUT2D eigenvalue weighted by Crippen LogP contribution is 2.29. The molecule has 3 heterocycles. The summed E-state index contributed by atoms with van der Waals surface area (Å²) in [5, 5.41) is 0. The smallest absolute Gasteiger partial charge is 0.229 e. The number of aromatic nitrogens is 4. The van der Waals surface area contributed by atoms with Crippen LogP contribution < -0.4 is 9.64 Å². The van der Waals surface area contributed by atoms with Crippen molar-refractivity contribution >= 4 is 5.95 Å². The van der Waals surface area contributed by atoms with Gasteiger partial charge in [0.2, 0.25) is 11.8 Å². The summed E-state index contributed by atoms with van der Waals surface area (Å²) in [6, 6.07) is 11.5. The Labute approximate surface area is 146 Å². The maximum absolute atomic E-state index is 5.88. The molecule has 1 aliphatic heterocycles. The zero-order chi connectivity index (χ0) is 17.2. The number of benzene rings is 1. The zero-order valence-corrected chi connectivity index (χ0v) is 14.3. The second-order valence-electron chi connectivity index (χ2n) is 6.28. The molecule has 126 valence electrons. The summed E-state index contributed by atoms with van der Waals surface area (Å²) in [5.41, 5.74) is 3.11. The third-order valence-electron chi connectivity index (χ3n) is 4.21. The normalized spacial score (nSPS) is 16.4. The van der Waals surface area contributed by atoms with E-state index < -0.39 is 0 Å². The number of para-hydroxylation sites is 1. The van der Waals surface area contributed by atoms with E-state index in [2.05, 4.69) is 31.8 Å². The molecule has 25 heavy (non-hydrogen) atoms. The molecule has 0 amide bonds. The van der Waals surface area contributed by atoms with Crippen LogP contribution in [0.15, 0.2) is 48.9 Å². The summed E-state index contributed by atoms with van der Waals surface area (Å²) < 4.78 is 5.88. The number of aryl methyl sites for hydroxylation is 1. The maximum Gasteiger partial charge on any atom is 0.229 e. The predicted octanol–water partition coefficient (Wildman–Crippen LogP) is 3.49. The maximum atomic E-state index is 5.88. The Hall–Kier alpha value is -3.02. The van der Waals surface area contributed by atoms with E-state index in [1.807, 2.05) is 49.5 Å². The van der Waals surface area contributed by atoms with E-state index in [1.165, 1.54) is 0 Å². The van der Waals surface area contributed by atoms with Crippen molar-refractivity contribution in [2.24, 2.45) is 0 Å². The molecule has 0 saturated heterocycles. The SMILES string of the molecule is Cc1cc(Oc2ccccc2)nc(N2Cc3cncnc3C(C)C2)n1. The lowest BCUT2D eigenvalue weighted by Crippen LogP contribution is -2.34. The molecule has 0 saturated carbocycles. The summed E-state index contributed by atoms with van der Waals surface area (Å²) in [5.74, 6) is 2.29. The molecule has 1 aromatic carbocycles. The summed E-state index contributed by atoms with van der Waals surface area (Å²) in [6.07, 6.45) is 3.49. The number of nitrogens with zero attached hydrogens (tertiary/aromatic N) is 5. The molecule has 1 unspecified atom stereocenters. The molecule has 3 aromatic rings. The second kappa shape index (κ2) is 6.47. The van der Waals surface area contributed by atoms with E-state index >= 15 is 0 Å². The quantitative estimate of drug-likeness (QED) is 0.731. The third kappa shape index (κ3) is 3.28. The third-order valence-corrected chi connectivity index (χ3v) is 4.21. The molecule has 2 aromatic heterocycles. The lowest BCUT2D eigenvalue weighted by atomic mass is 9.98. The molecular formula is C19H19N5O. The van der Waals surface area contributed by atoms with Crippen LogP contribution in [0.25, 0.3) is 0 Å². The van der Waals surface area contributed by atoms with Crippen molar-refractivity contribution in [3.05, 3.63) is 65.9 Å². The number of hydrogen-bond acceptors (Lipinski definition) is 6. The minimum Gasteiger partial charge on any atom is -0.439 e. The molecule has 0 fully saturated rings. The van der Waals surface area contributed by atoms with Crippen LogP contribution in [-0.2, 0) is 6.54 Å². The van der Waals surface area contributed by atoms with E-state index in [0.717, 1.165) is 29.2 Å². The van der Waals surface area contributed by atoms with Gasteiger partial charge in [0.05, 0.1) is 5.69 Å². The molecule has 0 aliphatic carbocycles. The zero-order valence-electron chi connectivity index (χ0n) is 14.3. The first kappa shape index (κ1) is 15.5. The van der Waals surface area contributed by atoms with E-state index in [4.69, 9.17) is 4.74 Å². The minimum absolute atomic E-state index is 0.300. The monoisotopic (exact) mass is 333 g/mol. The van der Waals surface area contributed by atoms with Crippen molar-refractivity contribution in [1.82, 2.24) is 19.9 Å². The topological polar surface area (TPSA) is 64.0 Å². The van der Waals surface area contributed by atoms with Gasteiger partial charge in [-0.2, -0.15) is 4.98 Å².